The van der Waals surface area contributed by atoms with Crippen LogP contribution in [0.5, 0.6) is 0 Å². The molecule has 0 rings (SSSR count). The van der Waals surface area contributed by atoms with Crippen molar-refractivity contribution in [2.75, 3.05) is 39.6 Å². The fraction of sp³-hybridized carbons (Fsp3) is 0.953. The summed E-state index contributed by atoms with van der Waals surface area (Å²) >= 11 is 0. The minimum atomic E-state index is -4.97. The van der Waals surface area contributed by atoms with Crippen LogP contribution in [0, 0.1) is 11.8 Å². The molecular weight excluding hydrogens is 1350 g/mol. The monoisotopic (exact) mass is 1520 g/mol. The third kappa shape index (κ3) is 76.8. The van der Waals surface area contributed by atoms with Crippen LogP contribution in [0.25, 0.3) is 0 Å². The van der Waals surface area contributed by atoms with Gasteiger partial charge in [-0.3, -0.25) is 37.3 Å². The summed E-state index contributed by atoms with van der Waals surface area (Å²) < 4.78 is 68.9. The molecule has 0 amide bonds. The SMILES string of the molecule is CCCCCCCCCCCCCCCCCCCCCC(=O)OC[C@H](COP(=O)(O)OC[C@@H](O)COP(=O)(O)OC[C@@H](COC(=O)CCCCCCCCCCC(C)CC)OC(=O)CCCCCCCCCCCCCC(C)C)OC(=O)CCCCCCCCCCCCCCCCCCCCC. The minimum absolute atomic E-state index is 0.106. The Morgan fingerprint density at radius 1 is 0.279 bits per heavy atom. The number of carbonyl (C=O) groups is 4. The van der Waals surface area contributed by atoms with E-state index in [2.05, 4.69) is 41.5 Å². The summed E-state index contributed by atoms with van der Waals surface area (Å²) in [6, 6.07) is 0. The lowest BCUT2D eigenvalue weighted by Crippen LogP contribution is -2.30. The van der Waals surface area contributed by atoms with Gasteiger partial charge in [-0.05, 0) is 37.5 Å². The summed E-state index contributed by atoms with van der Waals surface area (Å²) in [5, 5.41) is 10.7. The zero-order chi connectivity index (χ0) is 76.4. The quantitative estimate of drug-likeness (QED) is 0.0222. The first-order valence-corrected chi connectivity index (χ1v) is 47.0. The standard InChI is InChI=1S/C85H166O17P2/c1-7-10-12-14-16-18-20-22-24-26-28-30-32-34-38-42-49-55-61-67-82(87)95-73-80(101-84(89)69-63-57-51-43-39-35-33-31-29-27-25-23-21-19-17-15-13-11-8-2)75-99-103(91,92)97-71-79(86)72-98-104(93,94)100-76-81(74-96-83(88)68-62-56-50-46-45-48-54-60-66-78(6)9-3)102-85(90)70-64-58-52-44-40-36-37-41-47-53-59-65-77(4)5/h77-81,86H,7-76H2,1-6H3,(H,91,92)(H,93,94)/t78?,79-,80-,81-/m1/s1. The van der Waals surface area contributed by atoms with Gasteiger partial charge in [0.05, 0.1) is 26.4 Å². The number of carbonyl (C=O) groups excluding carboxylic acids is 4. The van der Waals surface area contributed by atoms with Gasteiger partial charge in [-0.25, -0.2) is 9.13 Å². The van der Waals surface area contributed by atoms with Gasteiger partial charge in [-0.2, -0.15) is 0 Å². The Morgan fingerprint density at radius 3 is 0.731 bits per heavy atom. The molecular formula is C85H166O17P2. The van der Waals surface area contributed by atoms with E-state index in [0.29, 0.717) is 25.7 Å². The summed E-state index contributed by atoms with van der Waals surface area (Å²) in [4.78, 5) is 73.2. The first kappa shape index (κ1) is 102. The molecule has 3 unspecified atom stereocenters. The number of phosphoric ester groups is 2. The number of ether oxygens (including phenoxy) is 4. The molecule has 19 heteroatoms. The Hall–Kier alpha value is -1.94. The van der Waals surface area contributed by atoms with Gasteiger partial charge in [0.2, 0.25) is 0 Å². The molecule has 0 radical (unpaired) electrons. The van der Waals surface area contributed by atoms with Crippen LogP contribution >= 0.6 is 15.6 Å². The highest BCUT2D eigenvalue weighted by Gasteiger charge is 2.30. The van der Waals surface area contributed by atoms with E-state index in [-0.39, 0.29) is 25.7 Å². The molecule has 0 heterocycles. The van der Waals surface area contributed by atoms with Crippen molar-refractivity contribution in [1.29, 1.82) is 0 Å². The highest BCUT2D eigenvalue weighted by Crippen LogP contribution is 2.45. The Morgan fingerprint density at radius 2 is 0.490 bits per heavy atom. The second-order valence-corrected chi connectivity index (χ2v) is 34.2. The van der Waals surface area contributed by atoms with Gasteiger partial charge in [-0.1, -0.05) is 401 Å². The topological polar surface area (TPSA) is 237 Å². The van der Waals surface area contributed by atoms with Gasteiger partial charge in [0.1, 0.15) is 19.3 Å². The second kappa shape index (κ2) is 76.4. The van der Waals surface area contributed by atoms with Crippen molar-refractivity contribution >= 4 is 39.5 Å². The van der Waals surface area contributed by atoms with Crippen molar-refractivity contribution in [1.82, 2.24) is 0 Å². The fourth-order valence-electron chi connectivity index (χ4n) is 13.2. The van der Waals surface area contributed by atoms with Gasteiger partial charge < -0.3 is 33.8 Å². The molecule has 6 atom stereocenters. The highest BCUT2D eigenvalue weighted by molar-refractivity contribution is 7.47. The molecule has 0 fully saturated rings. The largest absolute Gasteiger partial charge is 0.472 e. The van der Waals surface area contributed by atoms with Gasteiger partial charge in [0.25, 0.3) is 0 Å². The maximum atomic E-state index is 13.1. The van der Waals surface area contributed by atoms with Gasteiger partial charge in [-0.15, -0.1) is 0 Å². The molecule has 104 heavy (non-hydrogen) atoms. The lowest BCUT2D eigenvalue weighted by molar-refractivity contribution is -0.161. The number of aliphatic hydroxyl groups is 1. The molecule has 618 valence electrons. The van der Waals surface area contributed by atoms with Crippen molar-refractivity contribution in [2.45, 2.75) is 471 Å². The second-order valence-electron chi connectivity index (χ2n) is 31.3. The number of rotatable bonds is 84. The van der Waals surface area contributed by atoms with E-state index in [1.165, 1.54) is 270 Å². The van der Waals surface area contributed by atoms with Crippen LogP contribution in [-0.2, 0) is 65.4 Å². The van der Waals surface area contributed by atoms with Crippen LogP contribution in [-0.4, -0.2) is 96.7 Å². The van der Waals surface area contributed by atoms with Gasteiger partial charge >= 0.3 is 39.5 Å². The number of aliphatic hydroxyl groups excluding tert-OH is 1. The summed E-state index contributed by atoms with van der Waals surface area (Å²) in [5.74, 6) is -0.561. The van der Waals surface area contributed by atoms with Gasteiger partial charge in [0.15, 0.2) is 12.2 Å². The molecule has 0 aromatic rings. The zero-order valence-electron chi connectivity index (χ0n) is 68.3. The molecule has 0 aromatic heterocycles. The number of hydrogen-bond acceptors (Lipinski definition) is 15. The molecule has 0 bridgehead atoms. The molecule has 0 aliphatic rings. The zero-order valence-corrected chi connectivity index (χ0v) is 70.1. The first-order chi connectivity index (χ1) is 50.4. The fourth-order valence-corrected chi connectivity index (χ4v) is 14.8. The number of hydrogen-bond donors (Lipinski definition) is 3. The number of esters is 4. The molecule has 0 saturated carbocycles. The van der Waals surface area contributed by atoms with E-state index >= 15 is 0 Å². The Labute approximate surface area is 638 Å². The van der Waals surface area contributed by atoms with Crippen LogP contribution in [0.1, 0.15) is 452 Å². The Kier molecular flexibility index (Phi) is 75.0. The van der Waals surface area contributed by atoms with Crippen molar-refractivity contribution in [3.05, 3.63) is 0 Å². The predicted molar refractivity (Wildman–Crippen MR) is 428 cm³/mol. The van der Waals surface area contributed by atoms with Gasteiger partial charge in [0, 0.05) is 25.7 Å². The van der Waals surface area contributed by atoms with E-state index in [4.69, 9.17) is 37.0 Å². The molecule has 3 N–H and O–H groups in total. The smallest absolute Gasteiger partial charge is 0.462 e. The Bertz CT molecular complexity index is 2000. The Balaban J connectivity index is 5.25. The van der Waals surface area contributed by atoms with E-state index in [1.807, 2.05) is 0 Å². The van der Waals surface area contributed by atoms with Crippen LogP contribution < -0.4 is 0 Å². The normalized spacial score (nSPS) is 14.1. The van der Waals surface area contributed by atoms with Crippen LogP contribution in [0.4, 0.5) is 0 Å². The predicted octanol–water partition coefficient (Wildman–Crippen LogP) is 25.8. The molecule has 0 saturated heterocycles. The van der Waals surface area contributed by atoms with Crippen molar-refractivity contribution in [3.63, 3.8) is 0 Å². The molecule has 0 spiro atoms. The summed E-state index contributed by atoms with van der Waals surface area (Å²) in [5.41, 5.74) is 0. The highest BCUT2D eigenvalue weighted by atomic mass is 31.2. The number of unbranched alkanes of at least 4 members (excludes halogenated alkanes) is 53. The number of phosphoric acid groups is 2. The summed E-state index contributed by atoms with van der Waals surface area (Å²) in [6.07, 6.45) is 68.0. The molecule has 0 aliphatic heterocycles. The molecule has 0 aliphatic carbocycles. The average Bonchev–Trinajstić information content (AvgIpc) is 0.918. The molecule has 17 nitrogen and oxygen atoms in total. The van der Waals surface area contributed by atoms with E-state index in [0.717, 1.165) is 102 Å². The minimum Gasteiger partial charge on any atom is -0.462 e. The lowest BCUT2D eigenvalue weighted by Gasteiger charge is -2.21. The van der Waals surface area contributed by atoms with E-state index in [9.17, 15) is 43.2 Å². The summed E-state index contributed by atoms with van der Waals surface area (Å²) in [6.45, 7) is 9.67. The van der Waals surface area contributed by atoms with Crippen molar-refractivity contribution in [2.24, 2.45) is 11.8 Å². The first-order valence-electron chi connectivity index (χ1n) is 44.0. The van der Waals surface area contributed by atoms with E-state index < -0.39 is 97.5 Å². The molecule has 0 aromatic carbocycles. The van der Waals surface area contributed by atoms with Crippen LogP contribution in [0.2, 0.25) is 0 Å². The maximum Gasteiger partial charge on any atom is 0.472 e. The lowest BCUT2D eigenvalue weighted by atomic mass is 9.99. The third-order valence-electron chi connectivity index (χ3n) is 20.3. The third-order valence-corrected chi connectivity index (χ3v) is 22.2. The van der Waals surface area contributed by atoms with E-state index in [1.54, 1.807) is 0 Å². The average molecular weight is 1520 g/mol. The van der Waals surface area contributed by atoms with Crippen LogP contribution in [0.15, 0.2) is 0 Å². The maximum absolute atomic E-state index is 13.1. The summed E-state index contributed by atoms with van der Waals surface area (Å²) in [7, 11) is -9.93. The van der Waals surface area contributed by atoms with Crippen molar-refractivity contribution < 1.29 is 80.2 Å². The van der Waals surface area contributed by atoms with Crippen molar-refractivity contribution in [3.8, 4) is 0 Å². The van der Waals surface area contributed by atoms with Crippen LogP contribution in [0.3, 0.4) is 0 Å².